The van der Waals surface area contributed by atoms with Gasteiger partial charge in [-0.3, -0.25) is 0 Å². The van der Waals surface area contributed by atoms with Gasteiger partial charge in [-0.15, -0.1) is 0 Å². The molecule has 4 heteroatoms. The van der Waals surface area contributed by atoms with Crippen LogP contribution in [0.5, 0.6) is 0 Å². The standard InChI is InChI=1S/C13H11Cl.C10H23N3/c14-13-9-5-4-8-12(13)10-11-6-2-1-3-7-11;1-4-11-7-9-13(10-8-11)12(5-2)6-3/h1-9H,10H2;4-10H2,1-3H3. The molecule has 148 valence electrons. The van der Waals surface area contributed by atoms with Crippen molar-refractivity contribution < 1.29 is 0 Å². The summed E-state index contributed by atoms with van der Waals surface area (Å²) in [4.78, 5) is 2.51. The highest BCUT2D eigenvalue weighted by atomic mass is 35.5. The maximum atomic E-state index is 6.07. The predicted octanol–water partition coefficient (Wildman–Crippen LogP) is 4.81. The third-order valence-corrected chi connectivity index (χ3v) is 5.49. The van der Waals surface area contributed by atoms with Crippen molar-refractivity contribution >= 4 is 11.6 Å². The average molecular weight is 388 g/mol. The van der Waals surface area contributed by atoms with Gasteiger partial charge in [0.25, 0.3) is 0 Å². The summed E-state index contributed by atoms with van der Waals surface area (Å²) in [6.07, 6.45) is 0.903. The molecule has 0 bridgehead atoms. The van der Waals surface area contributed by atoms with Crippen LogP contribution in [0.2, 0.25) is 5.02 Å². The Hall–Kier alpha value is -1.39. The lowest BCUT2D eigenvalue weighted by Gasteiger charge is -2.40. The van der Waals surface area contributed by atoms with Gasteiger partial charge in [0, 0.05) is 44.3 Å². The molecule has 0 amide bonds. The smallest absolute Gasteiger partial charge is 0.0441 e. The Morgan fingerprint density at radius 2 is 1.41 bits per heavy atom. The van der Waals surface area contributed by atoms with E-state index >= 15 is 0 Å². The molecule has 0 radical (unpaired) electrons. The topological polar surface area (TPSA) is 9.72 Å². The molecule has 0 saturated carbocycles. The number of hydrazine groups is 1. The van der Waals surface area contributed by atoms with Crippen LogP contribution < -0.4 is 0 Å². The molecule has 27 heavy (non-hydrogen) atoms. The number of rotatable bonds is 6. The molecule has 2 aromatic rings. The second-order valence-corrected chi connectivity index (χ2v) is 7.19. The highest BCUT2D eigenvalue weighted by Crippen LogP contribution is 2.18. The first kappa shape index (κ1) is 21.9. The summed E-state index contributed by atoms with van der Waals surface area (Å²) in [7, 11) is 0. The largest absolute Gasteiger partial charge is 0.301 e. The van der Waals surface area contributed by atoms with Gasteiger partial charge in [0.2, 0.25) is 0 Å². The summed E-state index contributed by atoms with van der Waals surface area (Å²) in [6, 6.07) is 18.3. The van der Waals surface area contributed by atoms with Gasteiger partial charge in [0.05, 0.1) is 0 Å². The predicted molar refractivity (Wildman–Crippen MR) is 117 cm³/mol. The minimum absolute atomic E-state index is 0.844. The molecule has 0 N–H and O–H groups in total. The van der Waals surface area contributed by atoms with Crippen LogP contribution in [0.3, 0.4) is 0 Å². The third kappa shape index (κ3) is 7.27. The molecule has 3 rings (SSSR count). The molecule has 1 aliphatic heterocycles. The number of hydrogen-bond acceptors (Lipinski definition) is 3. The van der Waals surface area contributed by atoms with Crippen molar-refractivity contribution in [3.63, 3.8) is 0 Å². The first-order valence-corrected chi connectivity index (χ1v) is 10.5. The van der Waals surface area contributed by atoms with Gasteiger partial charge >= 0.3 is 0 Å². The summed E-state index contributed by atoms with van der Waals surface area (Å²) < 4.78 is 0. The minimum atomic E-state index is 0.844. The molecular weight excluding hydrogens is 354 g/mol. The van der Waals surface area contributed by atoms with E-state index in [9.17, 15) is 0 Å². The van der Waals surface area contributed by atoms with E-state index in [1.807, 2.05) is 36.4 Å². The van der Waals surface area contributed by atoms with Crippen molar-refractivity contribution in [1.82, 2.24) is 14.9 Å². The number of hydrogen-bond donors (Lipinski definition) is 0. The van der Waals surface area contributed by atoms with Gasteiger partial charge in [-0.25, -0.2) is 10.0 Å². The Morgan fingerprint density at radius 3 is 1.96 bits per heavy atom. The van der Waals surface area contributed by atoms with E-state index in [4.69, 9.17) is 11.6 Å². The number of piperazine rings is 1. The van der Waals surface area contributed by atoms with Crippen LogP contribution in [0, 0.1) is 0 Å². The number of likely N-dealkylation sites (N-methyl/N-ethyl adjacent to an activating group) is 1. The fraction of sp³-hybridized carbons (Fsp3) is 0.478. The molecule has 0 atom stereocenters. The lowest BCUT2D eigenvalue weighted by molar-refractivity contribution is -0.0494. The summed E-state index contributed by atoms with van der Waals surface area (Å²) in [6.45, 7) is 15.1. The molecule has 1 heterocycles. The van der Waals surface area contributed by atoms with Crippen LogP contribution in [0.15, 0.2) is 54.6 Å². The van der Waals surface area contributed by atoms with E-state index < -0.39 is 0 Å². The molecule has 2 aromatic carbocycles. The van der Waals surface area contributed by atoms with E-state index in [0.29, 0.717) is 0 Å². The van der Waals surface area contributed by atoms with Crippen LogP contribution in [0.1, 0.15) is 31.9 Å². The van der Waals surface area contributed by atoms with Crippen LogP contribution in [-0.4, -0.2) is 60.7 Å². The average Bonchev–Trinajstić information content (AvgIpc) is 2.72. The highest BCUT2D eigenvalue weighted by molar-refractivity contribution is 6.31. The maximum absolute atomic E-state index is 6.07. The monoisotopic (exact) mass is 387 g/mol. The lowest BCUT2D eigenvalue weighted by Crippen LogP contribution is -2.53. The van der Waals surface area contributed by atoms with Crippen LogP contribution >= 0.6 is 11.6 Å². The van der Waals surface area contributed by atoms with Gasteiger partial charge in [-0.1, -0.05) is 80.9 Å². The minimum Gasteiger partial charge on any atom is -0.301 e. The normalized spacial score (nSPS) is 15.4. The first-order chi connectivity index (χ1) is 13.2. The zero-order valence-electron chi connectivity index (χ0n) is 17.1. The van der Waals surface area contributed by atoms with Crippen molar-refractivity contribution in [2.24, 2.45) is 0 Å². The SMILES string of the molecule is CCN1CCN(N(CC)CC)CC1.Clc1ccccc1Cc1ccccc1. The van der Waals surface area contributed by atoms with Crippen molar-refractivity contribution in [3.8, 4) is 0 Å². The third-order valence-electron chi connectivity index (χ3n) is 5.12. The fourth-order valence-corrected chi connectivity index (χ4v) is 3.62. The Morgan fingerprint density at radius 1 is 0.815 bits per heavy atom. The van der Waals surface area contributed by atoms with Crippen molar-refractivity contribution in [2.45, 2.75) is 27.2 Å². The molecule has 1 fully saturated rings. The Kier molecular flexibility index (Phi) is 9.85. The highest BCUT2D eigenvalue weighted by Gasteiger charge is 2.18. The lowest BCUT2D eigenvalue weighted by atomic mass is 10.1. The Balaban J connectivity index is 0.000000194. The second-order valence-electron chi connectivity index (χ2n) is 6.78. The van der Waals surface area contributed by atoms with E-state index in [0.717, 1.165) is 24.5 Å². The van der Waals surface area contributed by atoms with E-state index in [1.165, 1.54) is 43.9 Å². The summed E-state index contributed by atoms with van der Waals surface area (Å²) in [5, 5.41) is 5.77. The molecular formula is C23H34ClN3. The van der Waals surface area contributed by atoms with E-state index in [-0.39, 0.29) is 0 Å². The zero-order chi connectivity index (χ0) is 19.5. The molecule has 1 aliphatic rings. The summed E-state index contributed by atoms with van der Waals surface area (Å²) in [5.41, 5.74) is 2.47. The van der Waals surface area contributed by atoms with E-state index in [1.54, 1.807) is 0 Å². The first-order valence-electron chi connectivity index (χ1n) is 10.2. The van der Waals surface area contributed by atoms with Gasteiger partial charge in [0.1, 0.15) is 0 Å². The quantitative estimate of drug-likeness (QED) is 0.704. The zero-order valence-corrected chi connectivity index (χ0v) is 17.8. The number of benzene rings is 2. The van der Waals surface area contributed by atoms with Crippen LogP contribution in [-0.2, 0) is 6.42 Å². The van der Waals surface area contributed by atoms with Crippen molar-refractivity contribution in [1.29, 1.82) is 0 Å². The van der Waals surface area contributed by atoms with E-state index in [2.05, 4.69) is 53.9 Å². The molecule has 1 saturated heterocycles. The fourth-order valence-electron chi connectivity index (χ4n) is 3.42. The number of nitrogens with zero attached hydrogens (tertiary/aromatic N) is 3. The molecule has 0 unspecified atom stereocenters. The van der Waals surface area contributed by atoms with Crippen molar-refractivity contribution in [3.05, 3.63) is 70.7 Å². The van der Waals surface area contributed by atoms with Gasteiger partial charge in [-0.05, 0) is 30.2 Å². The maximum Gasteiger partial charge on any atom is 0.0441 e. The summed E-state index contributed by atoms with van der Waals surface area (Å²) >= 11 is 6.07. The molecule has 3 nitrogen and oxygen atoms in total. The Bertz CT molecular complexity index is 635. The van der Waals surface area contributed by atoms with Crippen LogP contribution in [0.4, 0.5) is 0 Å². The van der Waals surface area contributed by atoms with Gasteiger partial charge in [0.15, 0.2) is 0 Å². The molecule has 0 aromatic heterocycles. The van der Waals surface area contributed by atoms with Crippen LogP contribution in [0.25, 0.3) is 0 Å². The number of halogens is 1. The Labute approximate surface area is 170 Å². The summed E-state index contributed by atoms with van der Waals surface area (Å²) in [5.74, 6) is 0. The van der Waals surface area contributed by atoms with Gasteiger partial charge in [-0.2, -0.15) is 0 Å². The van der Waals surface area contributed by atoms with Gasteiger partial charge < -0.3 is 4.90 Å². The van der Waals surface area contributed by atoms with Crippen molar-refractivity contribution in [2.75, 3.05) is 45.8 Å². The second kappa shape index (κ2) is 12.1. The molecule has 0 spiro atoms. The molecule has 0 aliphatic carbocycles.